The van der Waals surface area contributed by atoms with Crippen LogP contribution >= 0.6 is 0 Å². The van der Waals surface area contributed by atoms with E-state index >= 15 is 0 Å². The first-order chi connectivity index (χ1) is 5.18. The predicted molar refractivity (Wildman–Crippen MR) is 50.2 cm³/mol. The van der Waals surface area contributed by atoms with Crippen molar-refractivity contribution in [3.63, 3.8) is 0 Å². The fourth-order valence-corrected chi connectivity index (χ4v) is 2.20. The van der Waals surface area contributed by atoms with Crippen LogP contribution in [0.5, 0.6) is 0 Å². The lowest BCUT2D eigenvalue weighted by Crippen LogP contribution is -2.07. The molecule has 0 fully saturated rings. The van der Waals surface area contributed by atoms with Gasteiger partial charge >= 0.3 is 0 Å². The molecule has 0 spiro atoms. The molecule has 0 N–H and O–H groups in total. The van der Waals surface area contributed by atoms with E-state index in [9.17, 15) is 0 Å². The second-order valence-electron chi connectivity index (χ2n) is 3.37. The second-order valence-corrected chi connectivity index (χ2v) is 6.56. The Kier molecular flexibility index (Phi) is 3.11. The van der Waals surface area contributed by atoms with Crippen LogP contribution in [0.25, 0.3) is 0 Å². The highest BCUT2D eigenvalue weighted by Gasteiger charge is 2.03. The molecule has 0 aromatic carbocycles. The third-order valence-electron chi connectivity index (χ3n) is 1.56. The van der Waals surface area contributed by atoms with Gasteiger partial charge in [-0.1, -0.05) is 11.3 Å². The Morgan fingerprint density at radius 3 is 2.64 bits per heavy atom. The lowest BCUT2D eigenvalue weighted by atomic mass is 10.3. The zero-order valence-electron chi connectivity index (χ0n) is 7.46. The maximum atomic E-state index is 4.45. The Morgan fingerprint density at radius 2 is 2.09 bits per heavy atom. The summed E-state index contributed by atoms with van der Waals surface area (Å²) < 4.78 is 0. The monoisotopic (exact) mass is 163 g/mol. The van der Waals surface area contributed by atoms with Gasteiger partial charge < -0.3 is 0 Å². The fraction of sp³-hybridized carbons (Fsp3) is 0.444. The van der Waals surface area contributed by atoms with Gasteiger partial charge in [0.15, 0.2) is 0 Å². The Bertz CT molecular complexity index is 233. The molecule has 0 unspecified atom stereocenters. The van der Waals surface area contributed by atoms with Gasteiger partial charge in [-0.3, -0.25) is 4.98 Å². The molecule has 1 heterocycles. The summed E-state index contributed by atoms with van der Waals surface area (Å²) in [5.74, 6) is 4.70. The van der Waals surface area contributed by atoms with Crippen molar-refractivity contribution in [3.05, 3.63) is 29.6 Å². The number of pyridine rings is 1. The van der Waals surface area contributed by atoms with E-state index in [1.807, 2.05) is 13.0 Å². The minimum Gasteiger partial charge on any atom is -0.259 e. The van der Waals surface area contributed by atoms with Crippen LogP contribution in [0.2, 0.25) is 11.6 Å². The Labute approximate surface area is 72.9 Å². The molecule has 1 rings (SSSR count). The SMILES string of the molecule is Cc1cccc([CH2][Al]([CH3])[CH3])n1. The molecule has 0 aliphatic heterocycles. The smallest absolute Gasteiger partial charge is 0.259 e. The van der Waals surface area contributed by atoms with Crippen LogP contribution in [0.3, 0.4) is 0 Å². The molecule has 0 aliphatic rings. The number of aryl methyl sites for hydroxylation is 1. The molecule has 11 heavy (non-hydrogen) atoms. The van der Waals surface area contributed by atoms with Crippen molar-refractivity contribution >= 4 is 14.1 Å². The number of rotatable bonds is 2. The van der Waals surface area contributed by atoms with Crippen LogP contribution in [-0.2, 0) is 5.28 Å². The van der Waals surface area contributed by atoms with E-state index in [0.29, 0.717) is 0 Å². The first kappa shape index (κ1) is 8.78. The lowest BCUT2D eigenvalue weighted by molar-refractivity contribution is 1.09. The summed E-state index contributed by atoms with van der Waals surface area (Å²) in [6, 6.07) is 6.26. The molecule has 0 saturated heterocycles. The van der Waals surface area contributed by atoms with Gasteiger partial charge in [-0.05, 0) is 19.1 Å². The topological polar surface area (TPSA) is 12.9 Å². The zero-order chi connectivity index (χ0) is 8.27. The minimum absolute atomic E-state index is 0.480. The summed E-state index contributed by atoms with van der Waals surface area (Å²) in [7, 11) is 0. The molecule has 0 atom stereocenters. The molecule has 1 aromatic heterocycles. The van der Waals surface area contributed by atoms with Gasteiger partial charge in [0, 0.05) is 11.4 Å². The van der Waals surface area contributed by atoms with Gasteiger partial charge in [0.05, 0.1) is 0 Å². The third kappa shape index (κ3) is 3.05. The van der Waals surface area contributed by atoms with E-state index in [0.717, 1.165) is 5.69 Å². The number of hydrogen-bond acceptors (Lipinski definition) is 1. The quantitative estimate of drug-likeness (QED) is 0.609. The van der Waals surface area contributed by atoms with Crippen LogP contribution < -0.4 is 0 Å². The van der Waals surface area contributed by atoms with Crippen molar-refractivity contribution in [3.8, 4) is 0 Å². The van der Waals surface area contributed by atoms with E-state index in [1.165, 1.54) is 11.0 Å². The van der Waals surface area contributed by atoms with Gasteiger partial charge in [0.1, 0.15) is 0 Å². The third-order valence-corrected chi connectivity index (χ3v) is 2.80. The number of hydrogen-bond donors (Lipinski definition) is 0. The summed E-state index contributed by atoms with van der Waals surface area (Å²) in [5.41, 5.74) is 2.41. The predicted octanol–water partition coefficient (Wildman–Crippen LogP) is 2.23. The van der Waals surface area contributed by atoms with Crippen LogP contribution in [-0.4, -0.2) is 19.1 Å². The Morgan fingerprint density at radius 1 is 1.36 bits per heavy atom. The standard InChI is InChI=1S/C7H8N.2CH3.Al/c1-6-4-3-5-7(2)8-6;;;/h3-5H,1H2,2H3;2*1H3;. The summed E-state index contributed by atoms with van der Waals surface area (Å²) in [5, 5.41) is 1.22. The van der Waals surface area contributed by atoms with Crippen molar-refractivity contribution in [2.75, 3.05) is 0 Å². The molecular weight excluding hydrogens is 149 g/mol. The lowest BCUT2D eigenvalue weighted by Gasteiger charge is -2.00. The van der Waals surface area contributed by atoms with Gasteiger partial charge in [-0.15, -0.1) is 11.6 Å². The van der Waals surface area contributed by atoms with Gasteiger partial charge in [0.25, 0.3) is 14.1 Å². The zero-order valence-corrected chi connectivity index (χ0v) is 8.62. The largest absolute Gasteiger partial charge is 0.263 e. The Balaban J connectivity index is 2.71. The molecular formula is C9H14AlN. The first-order valence-electron chi connectivity index (χ1n) is 4.11. The molecule has 0 aliphatic carbocycles. The van der Waals surface area contributed by atoms with E-state index in [4.69, 9.17) is 0 Å². The van der Waals surface area contributed by atoms with Crippen LogP contribution in [0, 0.1) is 6.92 Å². The van der Waals surface area contributed by atoms with E-state index in [2.05, 4.69) is 28.7 Å². The first-order valence-corrected chi connectivity index (χ1v) is 7.23. The maximum Gasteiger partial charge on any atom is 0.263 e. The summed E-state index contributed by atoms with van der Waals surface area (Å²) in [6.45, 7) is 2.05. The van der Waals surface area contributed by atoms with Crippen LogP contribution in [0.1, 0.15) is 11.4 Å². The van der Waals surface area contributed by atoms with Gasteiger partial charge in [-0.25, -0.2) is 0 Å². The molecule has 1 nitrogen and oxygen atoms in total. The molecule has 2 heteroatoms. The summed E-state index contributed by atoms with van der Waals surface area (Å²) >= 11 is -0.480. The summed E-state index contributed by atoms with van der Waals surface area (Å²) in [6.07, 6.45) is 0. The van der Waals surface area contributed by atoms with Crippen molar-refractivity contribution < 1.29 is 0 Å². The molecule has 0 radical (unpaired) electrons. The molecule has 58 valence electrons. The maximum absolute atomic E-state index is 4.45. The highest BCUT2D eigenvalue weighted by atomic mass is 27.2. The molecule has 0 saturated carbocycles. The summed E-state index contributed by atoms with van der Waals surface area (Å²) in [4.78, 5) is 4.45. The van der Waals surface area contributed by atoms with Crippen molar-refractivity contribution in [2.24, 2.45) is 0 Å². The van der Waals surface area contributed by atoms with Crippen LogP contribution in [0.15, 0.2) is 18.2 Å². The van der Waals surface area contributed by atoms with E-state index in [1.54, 1.807) is 0 Å². The van der Waals surface area contributed by atoms with E-state index in [-0.39, 0.29) is 0 Å². The minimum atomic E-state index is -0.480. The highest BCUT2D eigenvalue weighted by Crippen LogP contribution is 2.00. The molecule has 1 aromatic rings. The van der Waals surface area contributed by atoms with Crippen molar-refractivity contribution in [2.45, 2.75) is 23.8 Å². The van der Waals surface area contributed by atoms with Crippen molar-refractivity contribution in [1.82, 2.24) is 4.98 Å². The van der Waals surface area contributed by atoms with Gasteiger partial charge in [0.2, 0.25) is 0 Å². The van der Waals surface area contributed by atoms with Crippen LogP contribution in [0.4, 0.5) is 0 Å². The van der Waals surface area contributed by atoms with Crippen molar-refractivity contribution in [1.29, 1.82) is 0 Å². The number of aromatic nitrogens is 1. The normalized spacial score (nSPS) is 9.73. The van der Waals surface area contributed by atoms with E-state index < -0.39 is 14.1 Å². The fourth-order valence-electron chi connectivity index (χ4n) is 1.13. The average molecular weight is 163 g/mol. The highest BCUT2D eigenvalue weighted by molar-refractivity contribution is 6.55. The molecule has 0 bridgehead atoms. The number of nitrogens with zero attached hydrogens (tertiary/aromatic N) is 1. The van der Waals surface area contributed by atoms with Gasteiger partial charge in [-0.2, -0.15) is 0 Å². The molecule has 0 amide bonds. The Hall–Kier alpha value is -0.318. The average Bonchev–Trinajstić information content (AvgIpc) is 1.85. The second kappa shape index (κ2) is 3.90.